The van der Waals surface area contributed by atoms with Crippen molar-refractivity contribution in [3.8, 4) is 0 Å². The van der Waals surface area contributed by atoms with Gasteiger partial charge in [-0.3, -0.25) is 4.79 Å². The third kappa shape index (κ3) is 8.25. The van der Waals surface area contributed by atoms with Gasteiger partial charge >= 0.3 is 0 Å². The van der Waals surface area contributed by atoms with Crippen LogP contribution in [0.2, 0.25) is 0 Å². The number of hydrogen-bond acceptors (Lipinski definition) is 1. The molecule has 0 atom stereocenters. The molecule has 0 aromatic heterocycles. The molecule has 1 heteroatoms. The van der Waals surface area contributed by atoms with Crippen LogP contribution in [0, 0.1) is 0 Å². The van der Waals surface area contributed by atoms with E-state index in [9.17, 15) is 4.79 Å². The second kappa shape index (κ2) is 13.5. The summed E-state index contributed by atoms with van der Waals surface area (Å²) in [7, 11) is 0. The predicted octanol–water partition coefficient (Wildman–Crippen LogP) is 6.00. The van der Waals surface area contributed by atoms with Crippen molar-refractivity contribution < 1.29 is 4.79 Å². The molecule has 110 valence electrons. The first kappa shape index (κ1) is 20.4. The van der Waals surface area contributed by atoms with E-state index in [0.717, 1.165) is 5.57 Å². The van der Waals surface area contributed by atoms with E-state index in [0.29, 0.717) is 11.1 Å². The number of carbonyl (C=O) groups is 1. The van der Waals surface area contributed by atoms with Gasteiger partial charge in [-0.1, -0.05) is 89.8 Å². The van der Waals surface area contributed by atoms with Crippen LogP contribution in [0.1, 0.15) is 51.4 Å². The van der Waals surface area contributed by atoms with Crippen LogP contribution in [0.3, 0.4) is 0 Å². The Balaban J connectivity index is 0. The van der Waals surface area contributed by atoms with Crippen molar-refractivity contribution in [1.82, 2.24) is 0 Å². The van der Waals surface area contributed by atoms with Crippen LogP contribution in [0.15, 0.2) is 66.8 Å². The lowest BCUT2D eigenvalue weighted by atomic mass is 9.98. The number of ketones is 1. The number of hydrogen-bond donors (Lipinski definition) is 0. The van der Waals surface area contributed by atoms with Crippen molar-refractivity contribution in [2.45, 2.75) is 41.0 Å². The summed E-state index contributed by atoms with van der Waals surface area (Å²) in [6, 6.07) is 9.16. The Bertz CT molecular complexity index is 424. The Morgan fingerprint density at radius 3 is 1.95 bits per heavy atom. The minimum Gasteiger partial charge on any atom is -0.289 e. The van der Waals surface area contributed by atoms with E-state index in [1.165, 1.54) is 6.42 Å². The van der Waals surface area contributed by atoms with Crippen molar-refractivity contribution in [2.75, 3.05) is 0 Å². The molecule has 0 bridgehead atoms. The Hall–Kier alpha value is -1.89. The topological polar surface area (TPSA) is 17.1 Å². The van der Waals surface area contributed by atoms with Crippen LogP contribution in [0.4, 0.5) is 0 Å². The minimum atomic E-state index is -0.0111. The molecule has 1 nitrogen and oxygen atoms in total. The summed E-state index contributed by atoms with van der Waals surface area (Å²) in [6.45, 7) is 17.4. The molecule has 0 unspecified atom stereocenters. The van der Waals surface area contributed by atoms with E-state index in [-0.39, 0.29) is 5.78 Å². The van der Waals surface area contributed by atoms with E-state index in [4.69, 9.17) is 0 Å². The minimum absolute atomic E-state index is 0.0111. The SMILES string of the molecule is C=C/C=C(\C(=C)C)C(=O)c1ccccc1.CC.CCC. The largest absolute Gasteiger partial charge is 0.289 e. The van der Waals surface area contributed by atoms with E-state index >= 15 is 0 Å². The average Bonchev–Trinajstić information content (AvgIpc) is 2.47. The zero-order chi connectivity index (χ0) is 16.0. The first-order valence-electron chi connectivity index (χ1n) is 7.16. The Kier molecular flexibility index (Phi) is 13.8. The zero-order valence-electron chi connectivity index (χ0n) is 13.6. The van der Waals surface area contributed by atoms with Crippen LogP contribution < -0.4 is 0 Å². The van der Waals surface area contributed by atoms with Gasteiger partial charge in [0.15, 0.2) is 5.78 Å². The molecule has 0 N–H and O–H groups in total. The Morgan fingerprint density at radius 1 is 1.15 bits per heavy atom. The van der Waals surface area contributed by atoms with E-state index < -0.39 is 0 Å². The molecular weight excluding hydrogens is 244 g/mol. The summed E-state index contributed by atoms with van der Waals surface area (Å²) >= 11 is 0. The van der Waals surface area contributed by atoms with Crippen LogP contribution in [-0.2, 0) is 0 Å². The van der Waals surface area contributed by atoms with Crippen molar-refractivity contribution in [3.05, 3.63) is 72.4 Å². The molecular formula is C19H28O. The van der Waals surface area contributed by atoms with Crippen LogP contribution in [0.5, 0.6) is 0 Å². The summed E-state index contributed by atoms with van der Waals surface area (Å²) in [6.07, 6.45) is 4.54. The van der Waals surface area contributed by atoms with E-state index in [2.05, 4.69) is 27.0 Å². The second-order valence-corrected chi connectivity index (χ2v) is 4.00. The summed E-state index contributed by atoms with van der Waals surface area (Å²) in [5, 5.41) is 0. The molecule has 0 aliphatic rings. The average molecular weight is 272 g/mol. The molecule has 1 rings (SSSR count). The van der Waals surface area contributed by atoms with E-state index in [1.807, 2.05) is 39.0 Å². The number of Topliss-reactive ketones (excluding diaryl/α,β-unsaturated/α-hetero) is 1. The fourth-order valence-electron chi connectivity index (χ4n) is 1.27. The molecule has 0 aliphatic heterocycles. The van der Waals surface area contributed by atoms with Gasteiger partial charge in [0.05, 0.1) is 0 Å². The maximum absolute atomic E-state index is 12.0. The van der Waals surface area contributed by atoms with Gasteiger partial charge in [0.25, 0.3) is 0 Å². The fourth-order valence-corrected chi connectivity index (χ4v) is 1.27. The third-order valence-electron chi connectivity index (χ3n) is 2.02. The molecule has 0 radical (unpaired) electrons. The molecule has 1 aromatic carbocycles. The second-order valence-electron chi connectivity index (χ2n) is 4.00. The van der Waals surface area contributed by atoms with Gasteiger partial charge in [0.2, 0.25) is 0 Å². The third-order valence-corrected chi connectivity index (χ3v) is 2.02. The lowest BCUT2D eigenvalue weighted by Gasteiger charge is -2.04. The van der Waals surface area contributed by atoms with Crippen molar-refractivity contribution in [2.24, 2.45) is 0 Å². The van der Waals surface area contributed by atoms with Crippen molar-refractivity contribution >= 4 is 5.78 Å². The lowest BCUT2D eigenvalue weighted by molar-refractivity contribution is 0.103. The number of allylic oxidation sites excluding steroid dienone is 4. The van der Waals surface area contributed by atoms with Gasteiger partial charge in [-0.05, 0) is 12.5 Å². The molecule has 0 saturated heterocycles. The van der Waals surface area contributed by atoms with Crippen LogP contribution >= 0.6 is 0 Å². The highest BCUT2D eigenvalue weighted by Crippen LogP contribution is 2.14. The molecule has 20 heavy (non-hydrogen) atoms. The lowest BCUT2D eigenvalue weighted by Crippen LogP contribution is -2.03. The van der Waals surface area contributed by atoms with Gasteiger partial charge in [-0.15, -0.1) is 0 Å². The van der Waals surface area contributed by atoms with Gasteiger partial charge in [-0.2, -0.15) is 0 Å². The number of rotatable bonds is 4. The molecule has 0 amide bonds. The van der Waals surface area contributed by atoms with Gasteiger partial charge < -0.3 is 0 Å². The quantitative estimate of drug-likeness (QED) is 0.373. The van der Waals surface area contributed by atoms with E-state index in [1.54, 1.807) is 24.3 Å². The summed E-state index contributed by atoms with van der Waals surface area (Å²) < 4.78 is 0. The van der Waals surface area contributed by atoms with Crippen molar-refractivity contribution in [1.29, 1.82) is 0 Å². The predicted molar refractivity (Wildman–Crippen MR) is 91.2 cm³/mol. The van der Waals surface area contributed by atoms with Crippen molar-refractivity contribution in [3.63, 3.8) is 0 Å². The monoisotopic (exact) mass is 272 g/mol. The van der Waals surface area contributed by atoms with Gasteiger partial charge in [0, 0.05) is 11.1 Å². The summed E-state index contributed by atoms with van der Waals surface area (Å²) in [5.41, 5.74) is 2.04. The Labute approximate surface area is 124 Å². The van der Waals surface area contributed by atoms with Gasteiger partial charge in [-0.25, -0.2) is 0 Å². The maximum atomic E-state index is 12.0. The molecule has 0 aliphatic carbocycles. The smallest absolute Gasteiger partial charge is 0.193 e. The fraction of sp³-hybridized carbons (Fsp3) is 0.316. The van der Waals surface area contributed by atoms with Crippen LogP contribution in [-0.4, -0.2) is 5.78 Å². The zero-order valence-corrected chi connectivity index (χ0v) is 13.6. The first-order valence-corrected chi connectivity index (χ1v) is 7.16. The molecule has 1 aromatic rings. The van der Waals surface area contributed by atoms with Crippen LogP contribution in [0.25, 0.3) is 0 Å². The molecule has 0 fully saturated rings. The molecule has 0 heterocycles. The highest BCUT2D eigenvalue weighted by atomic mass is 16.1. The maximum Gasteiger partial charge on any atom is 0.193 e. The standard InChI is InChI=1S/C14H14O.C3H8.C2H6/c1-4-8-13(11(2)3)14(15)12-9-6-5-7-10-12;1-3-2;1-2/h4-10H,1-2H2,3H3;3H2,1-2H3;1-2H3/b13-8+;;. The summed E-state index contributed by atoms with van der Waals surface area (Å²) in [4.78, 5) is 12.0. The number of benzene rings is 1. The first-order chi connectivity index (χ1) is 9.58. The highest BCUT2D eigenvalue weighted by Gasteiger charge is 2.11. The highest BCUT2D eigenvalue weighted by molar-refractivity contribution is 6.11. The molecule has 0 spiro atoms. The Morgan fingerprint density at radius 2 is 1.60 bits per heavy atom. The number of carbonyl (C=O) groups excluding carboxylic acids is 1. The van der Waals surface area contributed by atoms with Gasteiger partial charge in [0.1, 0.15) is 0 Å². The summed E-state index contributed by atoms with van der Waals surface area (Å²) in [5.74, 6) is -0.0111. The normalized spacial score (nSPS) is 9.35. The molecule has 0 saturated carbocycles.